The highest BCUT2D eigenvalue weighted by molar-refractivity contribution is 5.89. The zero-order valence-corrected chi connectivity index (χ0v) is 10.2. The summed E-state index contributed by atoms with van der Waals surface area (Å²) < 4.78 is 0. The van der Waals surface area contributed by atoms with E-state index in [4.69, 9.17) is 0 Å². The van der Waals surface area contributed by atoms with Crippen molar-refractivity contribution in [2.45, 2.75) is 26.8 Å². The maximum atomic E-state index is 3.48. The standard InChI is InChI=1S/C15H19N/c1-4-16-12(3)14-10-6-9-13-8-5-7-11(2)15(13)14/h5-10,12,16H,4H2,1-3H3. The average Bonchev–Trinajstić information content (AvgIpc) is 2.29. The van der Waals surface area contributed by atoms with Crippen LogP contribution in [-0.2, 0) is 0 Å². The van der Waals surface area contributed by atoms with Gasteiger partial charge in [-0.05, 0) is 42.3 Å². The molecular formula is C15H19N. The largest absolute Gasteiger partial charge is 0.310 e. The molecule has 84 valence electrons. The molecule has 16 heavy (non-hydrogen) atoms. The molecule has 1 unspecified atom stereocenters. The van der Waals surface area contributed by atoms with E-state index in [1.807, 2.05) is 0 Å². The molecular weight excluding hydrogens is 194 g/mol. The second-order valence-corrected chi connectivity index (χ2v) is 4.30. The number of rotatable bonds is 3. The molecule has 0 aliphatic carbocycles. The number of aryl methyl sites for hydroxylation is 1. The Bertz CT molecular complexity index is 483. The number of nitrogens with one attached hydrogen (secondary N) is 1. The van der Waals surface area contributed by atoms with Crippen molar-refractivity contribution in [1.82, 2.24) is 5.32 Å². The molecule has 2 rings (SSSR count). The second-order valence-electron chi connectivity index (χ2n) is 4.30. The minimum atomic E-state index is 0.412. The molecule has 0 heterocycles. The Hall–Kier alpha value is -1.34. The highest BCUT2D eigenvalue weighted by atomic mass is 14.9. The summed E-state index contributed by atoms with van der Waals surface area (Å²) in [5.41, 5.74) is 2.76. The number of benzene rings is 2. The van der Waals surface area contributed by atoms with Crippen molar-refractivity contribution in [1.29, 1.82) is 0 Å². The number of fused-ring (bicyclic) bond motifs is 1. The summed E-state index contributed by atoms with van der Waals surface area (Å²) in [6, 6.07) is 13.5. The van der Waals surface area contributed by atoms with E-state index in [0.29, 0.717) is 6.04 Å². The van der Waals surface area contributed by atoms with Crippen LogP contribution in [-0.4, -0.2) is 6.54 Å². The summed E-state index contributed by atoms with van der Waals surface area (Å²) in [4.78, 5) is 0. The van der Waals surface area contributed by atoms with Crippen molar-refractivity contribution in [3.8, 4) is 0 Å². The molecule has 0 aromatic heterocycles. The van der Waals surface area contributed by atoms with Crippen molar-refractivity contribution in [3.05, 3.63) is 47.5 Å². The molecule has 0 radical (unpaired) electrons. The Morgan fingerprint density at radius 1 is 1.12 bits per heavy atom. The first-order valence-corrected chi connectivity index (χ1v) is 5.95. The summed E-state index contributed by atoms with van der Waals surface area (Å²) >= 11 is 0. The van der Waals surface area contributed by atoms with Crippen LogP contribution in [0.3, 0.4) is 0 Å². The van der Waals surface area contributed by atoms with Crippen LogP contribution in [0.5, 0.6) is 0 Å². The molecule has 1 heteroatoms. The van der Waals surface area contributed by atoms with Crippen molar-refractivity contribution in [2.24, 2.45) is 0 Å². The van der Waals surface area contributed by atoms with Gasteiger partial charge in [0.15, 0.2) is 0 Å². The van der Waals surface area contributed by atoms with Crippen LogP contribution in [0.2, 0.25) is 0 Å². The Kier molecular flexibility index (Phi) is 3.25. The van der Waals surface area contributed by atoms with Gasteiger partial charge in [0.2, 0.25) is 0 Å². The van der Waals surface area contributed by atoms with E-state index >= 15 is 0 Å². The van der Waals surface area contributed by atoms with Gasteiger partial charge < -0.3 is 5.32 Å². The minimum Gasteiger partial charge on any atom is -0.310 e. The Morgan fingerprint density at radius 3 is 2.50 bits per heavy atom. The average molecular weight is 213 g/mol. The van der Waals surface area contributed by atoms with Gasteiger partial charge in [0.05, 0.1) is 0 Å². The van der Waals surface area contributed by atoms with Gasteiger partial charge in [-0.1, -0.05) is 43.3 Å². The van der Waals surface area contributed by atoms with Gasteiger partial charge in [-0.15, -0.1) is 0 Å². The molecule has 0 aliphatic heterocycles. The fourth-order valence-corrected chi connectivity index (χ4v) is 2.34. The maximum absolute atomic E-state index is 3.48. The first-order valence-electron chi connectivity index (χ1n) is 5.95. The van der Waals surface area contributed by atoms with Gasteiger partial charge in [-0.25, -0.2) is 0 Å². The van der Waals surface area contributed by atoms with E-state index in [1.54, 1.807) is 0 Å². The van der Waals surface area contributed by atoms with Crippen molar-refractivity contribution in [2.75, 3.05) is 6.54 Å². The molecule has 2 aromatic rings. The molecule has 0 fully saturated rings. The van der Waals surface area contributed by atoms with Gasteiger partial charge in [-0.2, -0.15) is 0 Å². The van der Waals surface area contributed by atoms with Crippen molar-refractivity contribution < 1.29 is 0 Å². The normalized spacial score (nSPS) is 12.9. The van der Waals surface area contributed by atoms with Crippen LogP contribution < -0.4 is 5.32 Å². The van der Waals surface area contributed by atoms with Crippen LogP contribution >= 0.6 is 0 Å². The summed E-state index contributed by atoms with van der Waals surface area (Å²) in [6.07, 6.45) is 0. The third-order valence-corrected chi connectivity index (χ3v) is 3.12. The van der Waals surface area contributed by atoms with Crippen LogP contribution in [0.4, 0.5) is 0 Å². The number of hydrogen-bond acceptors (Lipinski definition) is 1. The lowest BCUT2D eigenvalue weighted by atomic mass is 9.96. The first-order chi connectivity index (χ1) is 7.74. The lowest BCUT2D eigenvalue weighted by Crippen LogP contribution is -2.18. The van der Waals surface area contributed by atoms with E-state index in [-0.39, 0.29) is 0 Å². The monoisotopic (exact) mass is 213 g/mol. The molecule has 1 N–H and O–H groups in total. The van der Waals surface area contributed by atoms with Gasteiger partial charge in [0.25, 0.3) is 0 Å². The van der Waals surface area contributed by atoms with Gasteiger partial charge in [0.1, 0.15) is 0 Å². The number of hydrogen-bond donors (Lipinski definition) is 1. The van der Waals surface area contributed by atoms with E-state index < -0.39 is 0 Å². The molecule has 0 amide bonds. The van der Waals surface area contributed by atoms with E-state index in [0.717, 1.165) is 6.54 Å². The minimum absolute atomic E-state index is 0.412. The topological polar surface area (TPSA) is 12.0 Å². The fraction of sp³-hybridized carbons (Fsp3) is 0.333. The molecule has 0 bridgehead atoms. The lowest BCUT2D eigenvalue weighted by molar-refractivity contribution is 0.602. The van der Waals surface area contributed by atoms with Gasteiger partial charge >= 0.3 is 0 Å². The summed E-state index contributed by atoms with van der Waals surface area (Å²) in [5, 5.41) is 6.22. The van der Waals surface area contributed by atoms with Crippen LogP contribution in [0.1, 0.15) is 31.0 Å². The van der Waals surface area contributed by atoms with E-state index in [1.165, 1.54) is 21.9 Å². The van der Waals surface area contributed by atoms with Crippen molar-refractivity contribution in [3.63, 3.8) is 0 Å². The van der Waals surface area contributed by atoms with Gasteiger partial charge in [0, 0.05) is 6.04 Å². The van der Waals surface area contributed by atoms with E-state index in [2.05, 4.69) is 62.5 Å². The molecule has 0 spiro atoms. The predicted octanol–water partition coefficient (Wildman–Crippen LogP) is 3.82. The zero-order valence-electron chi connectivity index (χ0n) is 10.2. The van der Waals surface area contributed by atoms with Crippen LogP contribution in [0, 0.1) is 6.92 Å². The third kappa shape index (κ3) is 1.96. The van der Waals surface area contributed by atoms with Crippen LogP contribution in [0.15, 0.2) is 36.4 Å². The molecule has 1 atom stereocenters. The zero-order chi connectivity index (χ0) is 11.5. The lowest BCUT2D eigenvalue weighted by Gasteiger charge is -2.16. The quantitative estimate of drug-likeness (QED) is 0.817. The Morgan fingerprint density at radius 2 is 1.81 bits per heavy atom. The molecule has 1 nitrogen and oxygen atoms in total. The summed E-state index contributed by atoms with van der Waals surface area (Å²) in [6.45, 7) is 7.56. The maximum Gasteiger partial charge on any atom is 0.0297 e. The van der Waals surface area contributed by atoms with Gasteiger partial charge in [-0.3, -0.25) is 0 Å². The van der Waals surface area contributed by atoms with Crippen molar-refractivity contribution >= 4 is 10.8 Å². The van der Waals surface area contributed by atoms with E-state index in [9.17, 15) is 0 Å². The first kappa shape index (κ1) is 11.2. The summed E-state index contributed by atoms with van der Waals surface area (Å²) in [7, 11) is 0. The molecule has 0 aliphatic rings. The molecule has 0 saturated heterocycles. The Labute approximate surface area is 97.5 Å². The Balaban J connectivity index is 2.60. The highest BCUT2D eigenvalue weighted by Gasteiger charge is 2.09. The summed E-state index contributed by atoms with van der Waals surface area (Å²) in [5.74, 6) is 0. The SMILES string of the molecule is CCNC(C)c1cccc2cccc(C)c12. The predicted molar refractivity (Wildman–Crippen MR) is 70.8 cm³/mol. The molecule has 0 saturated carbocycles. The second kappa shape index (κ2) is 4.67. The fourth-order valence-electron chi connectivity index (χ4n) is 2.34. The molecule has 2 aromatic carbocycles. The highest BCUT2D eigenvalue weighted by Crippen LogP contribution is 2.26. The van der Waals surface area contributed by atoms with Crippen LogP contribution in [0.25, 0.3) is 10.8 Å². The smallest absolute Gasteiger partial charge is 0.0297 e. The third-order valence-electron chi connectivity index (χ3n) is 3.12.